The molecule has 0 heterocycles. The molecule has 6 nitrogen and oxygen atoms in total. The lowest BCUT2D eigenvalue weighted by molar-refractivity contribution is -0.121. The number of carbonyl (C=O) groups is 2. The number of hydrogen-bond donors (Lipinski definition) is 1. The zero-order valence-corrected chi connectivity index (χ0v) is 25.3. The predicted octanol–water partition coefficient (Wildman–Crippen LogP) is 9.00. The van der Waals surface area contributed by atoms with E-state index in [1.165, 1.54) is 76.8 Å². The molecule has 2 aromatic carbocycles. The van der Waals surface area contributed by atoms with Gasteiger partial charge in [-0.15, -0.1) is 0 Å². The molecule has 2 rings (SSSR count). The lowest BCUT2D eigenvalue weighted by Crippen LogP contribution is -2.17. The Morgan fingerprint density at radius 3 is 2.00 bits per heavy atom. The molecule has 39 heavy (non-hydrogen) atoms. The van der Waals surface area contributed by atoms with Gasteiger partial charge in [0.25, 0.3) is 0 Å². The molecule has 0 fully saturated rings. The molecule has 0 aromatic heterocycles. The predicted molar refractivity (Wildman–Crippen MR) is 163 cm³/mol. The van der Waals surface area contributed by atoms with Crippen LogP contribution in [0.1, 0.15) is 120 Å². The van der Waals surface area contributed by atoms with Gasteiger partial charge in [-0.05, 0) is 55.8 Å². The number of esters is 1. The van der Waals surface area contributed by atoms with Crippen molar-refractivity contribution in [2.45, 2.75) is 104 Å². The van der Waals surface area contributed by atoms with Crippen LogP contribution in [0.2, 0.25) is 0 Å². The van der Waals surface area contributed by atoms with E-state index in [1.54, 1.807) is 42.5 Å². The van der Waals surface area contributed by atoms with Gasteiger partial charge in [-0.2, -0.15) is 5.10 Å². The zero-order valence-electron chi connectivity index (χ0n) is 23.7. The van der Waals surface area contributed by atoms with Crippen LogP contribution in [-0.4, -0.2) is 24.7 Å². The lowest BCUT2D eigenvalue weighted by Gasteiger charge is -2.09. The minimum absolute atomic E-state index is 0.114. The molecule has 1 N–H and O–H groups in total. The largest absolute Gasteiger partial charge is 0.494 e. The summed E-state index contributed by atoms with van der Waals surface area (Å²) in [5, 5.41) is 4.08. The number of nitrogens with zero attached hydrogens (tertiary/aromatic N) is 1. The fourth-order valence-electron chi connectivity index (χ4n) is 4.26. The van der Waals surface area contributed by atoms with Gasteiger partial charge in [0.2, 0.25) is 5.91 Å². The molecule has 7 heteroatoms. The molecule has 1 amide bonds. The number of ether oxygens (including phenoxy) is 2. The number of rotatable bonds is 20. The van der Waals surface area contributed by atoms with E-state index >= 15 is 0 Å². The molecule has 0 spiro atoms. The van der Waals surface area contributed by atoms with Crippen molar-refractivity contribution < 1.29 is 19.1 Å². The van der Waals surface area contributed by atoms with Crippen LogP contribution in [0.3, 0.4) is 0 Å². The Morgan fingerprint density at radius 1 is 0.821 bits per heavy atom. The van der Waals surface area contributed by atoms with Crippen LogP contribution in [0.4, 0.5) is 0 Å². The summed E-state index contributed by atoms with van der Waals surface area (Å²) in [6.07, 6.45) is 18.5. The molecule has 2 aromatic rings. The number of unbranched alkanes of at least 4 members (excludes halogenated alkanes) is 12. The van der Waals surface area contributed by atoms with E-state index < -0.39 is 5.97 Å². The molecule has 0 aliphatic heterocycles. The number of nitrogens with one attached hydrogen (secondary N) is 1. The third-order valence-corrected chi connectivity index (χ3v) is 6.97. The molecule has 214 valence electrons. The number of benzene rings is 2. The van der Waals surface area contributed by atoms with Gasteiger partial charge in [-0.3, -0.25) is 4.79 Å². The van der Waals surface area contributed by atoms with Crippen LogP contribution in [-0.2, 0) is 4.79 Å². The summed E-state index contributed by atoms with van der Waals surface area (Å²) >= 11 is 3.43. The van der Waals surface area contributed by atoms with E-state index in [0.717, 1.165) is 17.3 Å². The Hall–Kier alpha value is -2.67. The van der Waals surface area contributed by atoms with Crippen molar-refractivity contribution in [2.75, 3.05) is 6.61 Å². The van der Waals surface area contributed by atoms with E-state index in [-0.39, 0.29) is 5.91 Å². The molecule has 0 aliphatic rings. The highest BCUT2D eigenvalue weighted by Crippen LogP contribution is 2.23. The number of amides is 1. The van der Waals surface area contributed by atoms with E-state index in [2.05, 4.69) is 33.4 Å². The van der Waals surface area contributed by atoms with Gasteiger partial charge in [0.1, 0.15) is 11.5 Å². The quantitative estimate of drug-likeness (QED) is 0.0540. The molecule has 0 saturated carbocycles. The summed E-state index contributed by atoms with van der Waals surface area (Å²) in [7, 11) is 0. The highest BCUT2D eigenvalue weighted by molar-refractivity contribution is 9.10. The molecule has 0 unspecified atom stereocenters. The Balaban J connectivity index is 1.66. The number of halogens is 1. The Morgan fingerprint density at radius 2 is 1.41 bits per heavy atom. The third-order valence-electron chi connectivity index (χ3n) is 6.48. The fraction of sp³-hybridized carbons (Fsp3) is 0.531. The third kappa shape index (κ3) is 14.3. The van der Waals surface area contributed by atoms with Crippen LogP contribution < -0.4 is 14.9 Å². The molecular formula is C32H45BrN2O4. The Kier molecular flexibility index (Phi) is 16.9. The smallest absolute Gasteiger partial charge is 0.343 e. The molecular weight excluding hydrogens is 556 g/mol. The monoisotopic (exact) mass is 600 g/mol. The Labute approximate surface area is 243 Å². The van der Waals surface area contributed by atoms with E-state index in [1.807, 2.05) is 6.92 Å². The van der Waals surface area contributed by atoms with Crippen LogP contribution in [0.25, 0.3) is 0 Å². The summed E-state index contributed by atoms with van der Waals surface area (Å²) in [5.41, 5.74) is 3.57. The van der Waals surface area contributed by atoms with Gasteiger partial charge in [0, 0.05) is 16.5 Å². The standard InChI is InChI=1S/C32H45BrN2O4/c1-3-5-6-7-8-9-10-11-12-13-14-15-16-17-31(36)35-34-25-27-24-28(33)20-23-30(27)39-32(37)26-18-21-29(22-19-26)38-4-2/h18-25H,3-17H2,1-2H3,(H,35,36). The zero-order chi connectivity index (χ0) is 28.1. The SMILES string of the molecule is CCCCCCCCCCCCCCCC(=O)NN=Cc1cc(Br)ccc1OC(=O)c1ccc(OCC)cc1. The molecule has 0 saturated heterocycles. The summed E-state index contributed by atoms with van der Waals surface area (Å²) in [6, 6.07) is 12.0. The molecule has 0 bridgehead atoms. The highest BCUT2D eigenvalue weighted by Gasteiger charge is 2.12. The number of hydrogen-bond acceptors (Lipinski definition) is 5. The normalized spacial score (nSPS) is 11.1. The second kappa shape index (κ2) is 20.3. The highest BCUT2D eigenvalue weighted by atomic mass is 79.9. The van der Waals surface area contributed by atoms with Crippen LogP contribution in [0, 0.1) is 0 Å². The second-order valence-corrected chi connectivity index (χ2v) is 10.7. The van der Waals surface area contributed by atoms with Crippen molar-refractivity contribution in [2.24, 2.45) is 5.10 Å². The minimum Gasteiger partial charge on any atom is -0.494 e. The first kappa shape index (κ1) is 32.5. The average Bonchev–Trinajstić information content (AvgIpc) is 2.93. The number of carbonyl (C=O) groups excluding carboxylic acids is 2. The van der Waals surface area contributed by atoms with Crippen molar-refractivity contribution in [1.82, 2.24) is 5.43 Å². The van der Waals surface area contributed by atoms with E-state index in [0.29, 0.717) is 35.7 Å². The topological polar surface area (TPSA) is 77.0 Å². The second-order valence-electron chi connectivity index (χ2n) is 9.81. The lowest BCUT2D eigenvalue weighted by atomic mass is 10.0. The van der Waals surface area contributed by atoms with Gasteiger partial charge in [-0.25, -0.2) is 10.2 Å². The van der Waals surface area contributed by atoms with Crippen molar-refractivity contribution >= 4 is 34.0 Å². The van der Waals surface area contributed by atoms with Crippen LogP contribution in [0.15, 0.2) is 52.0 Å². The molecule has 0 aliphatic carbocycles. The minimum atomic E-state index is -0.485. The fourth-order valence-corrected chi connectivity index (χ4v) is 4.64. The van der Waals surface area contributed by atoms with Crippen molar-refractivity contribution in [1.29, 1.82) is 0 Å². The summed E-state index contributed by atoms with van der Waals surface area (Å²) < 4.78 is 11.8. The average molecular weight is 602 g/mol. The first-order chi connectivity index (χ1) is 19.0. The van der Waals surface area contributed by atoms with Crippen molar-refractivity contribution in [3.8, 4) is 11.5 Å². The van der Waals surface area contributed by atoms with Crippen molar-refractivity contribution in [3.05, 3.63) is 58.1 Å². The van der Waals surface area contributed by atoms with Gasteiger partial charge in [0.05, 0.1) is 18.4 Å². The van der Waals surface area contributed by atoms with Crippen LogP contribution in [0.5, 0.6) is 11.5 Å². The van der Waals surface area contributed by atoms with E-state index in [4.69, 9.17) is 9.47 Å². The van der Waals surface area contributed by atoms with Gasteiger partial charge < -0.3 is 9.47 Å². The van der Waals surface area contributed by atoms with E-state index in [9.17, 15) is 9.59 Å². The summed E-state index contributed by atoms with van der Waals surface area (Å²) in [4.78, 5) is 24.8. The maximum atomic E-state index is 12.6. The summed E-state index contributed by atoms with van der Waals surface area (Å²) in [6.45, 7) is 4.72. The first-order valence-corrected chi connectivity index (χ1v) is 15.4. The number of hydrazone groups is 1. The maximum absolute atomic E-state index is 12.6. The van der Waals surface area contributed by atoms with Crippen molar-refractivity contribution in [3.63, 3.8) is 0 Å². The molecule has 0 atom stereocenters. The van der Waals surface area contributed by atoms with Crippen LogP contribution >= 0.6 is 15.9 Å². The van der Waals surface area contributed by atoms with Gasteiger partial charge >= 0.3 is 5.97 Å². The summed E-state index contributed by atoms with van der Waals surface area (Å²) in [5.74, 6) is 0.449. The van der Waals surface area contributed by atoms with Gasteiger partial charge in [-0.1, -0.05) is 99.9 Å². The molecule has 0 radical (unpaired) electrons. The maximum Gasteiger partial charge on any atom is 0.343 e. The van der Waals surface area contributed by atoms with Gasteiger partial charge in [0.15, 0.2) is 0 Å². The first-order valence-electron chi connectivity index (χ1n) is 14.6. The Bertz CT molecular complexity index is 1010.